The number of rotatable bonds is 4. The molecule has 2 aromatic carbocycles. The van der Waals surface area contributed by atoms with E-state index in [4.69, 9.17) is 11.6 Å². The third kappa shape index (κ3) is 3.71. The lowest BCUT2D eigenvalue weighted by atomic mass is 10.0. The molecule has 0 fully saturated rings. The van der Waals surface area contributed by atoms with E-state index in [1.165, 1.54) is 11.6 Å². The Labute approximate surface area is 118 Å². The van der Waals surface area contributed by atoms with E-state index in [-0.39, 0.29) is 5.82 Å². The second-order valence-electron chi connectivity index (χ2n) is 4.87. The van der Waals surface area contributed by atoms with Crippen molar-refractivity contribution in [3.63, 3.8) is 0 Å². The Kier molecular flexibility index (Phi) is 4.43. The molecule has 19 heavy (non-hydrogen) atoms. The highest BCUT2D eigenvalue weighted by molar-refractivity contribution is 6.30. The summed E-state index contributed by atoms with van der Waals surface area (Å²) in [5, 5.41) is 3.59. The average Bonchev–Trinajstić information content (AvgIpc) is 2.40. The van der Waals surface area contributed by atoms with Gasteiger partial charge in [-0.05, 0) is 35.2 Å². The molecule has 0 radical (unpaired) electrons. The predicted octanol–water partition coefficient (Wildman–Crippen LogP) is 5.21. The summed E-state index contributed by atoms with van der Waals surface area (Å²) in [5.41, 5.74) is 2.85. The van der Waals surface area contributed by atoms with Gasteiger partial charge in [0.2, 0.25) is 0 Å². The van der Waals surface area contributed by atoms with Crippen LogP contribution in [0, 0.1) is 5.82 Å². The molecule has 0 spiro atoms. The van der Waals surface area contributed by atoms with Gasteiger partial charge in [-0.2, -0.15) is 0 Å². The van der Waals surface area contributed by atoms with Crippen molar-refractivity contribution in [1.82, 2.24) is 0 Å². The van der Waals surface area contributed by atoms with Crippen molar-refractivity contribution in [2.45, 2.75) is 26.3 Å². The van der Waals surface area contributed by atoms with Gasteiger partial charge in [0.05, 0.1) is 5.69 Å². The van der Waals surface area contributed by atoms with Crippen LogP contribution in [0.4, 0.5) is 10.1 Å². The summed E-state index contributed by atoms with van der Waals surface area (Å²) in [6, 6.07) is 12.8. The van der Waals surface area contributed by atoms with E-state index in [1.54, 1.807) is 12.1 Å². The van der Waals surface area contributed by atoms with Crippen molar-refractivity contribution >= 4 is 17.3 Å². The molecule has 0 saturated heterocycles. The minimum Gasteiger partial charge on any atom is -0.379 e. The van der Waals surface area contributed by atoms with E-state index < -0.39 is 0 Å². The van der Waals surface area contributed by atoms with Crippen LogP contribution in [0.3, 0.4) is 0 Å². The normalized spacial score (nSPS) is 10.8. The van der Waals surface area contributed by atoms with E-state index in [1.807, 2.05) is 0 Å². The molecular weight excluding hydrogens is 261 g/mol. The zero-order valence-corrected chi connectivity index (χ0v) is 11.8. The lowest BCUT2D eigenvalue weighted by molar-refractivity contribution is 0.630. The monoisotopic (exact) mass is 277 g/mol. The fourth-order valence-electron chi connectivity index (χ4n) is 1.85. The maximum absolute atomic E-state index is 13.5. The van der Waals surface area contributed by atoms with Gasteiger partial charge in [0, 0.05) is 11.6 Å². The Morgan fingerprint density at radius 1 is 1.11 bits per heavy atom. The van der Waals surface area contributed by atoms with Crippen molar-refractivity contribution in [2.75, 3.05) is 5.32 Å². The maximum atomic E-state index is 13.5. The molecule has 0 amide bonds. The highest BCUT2D eigenvalue weighted by Gasteiger charge is 2.03. The van der Waals surface area contributed by atoms with Crippen LogP contribution in [0.1, 0.15) is 30.9 Å². The van der Waals surface area contributed by atoms with Crippen LogP contribution in [0.5, 0.6) is 0 Å². The Bertz CT molecular complexity index is 549. The van der Waals surface area contributed by atoms with E-state index in [9.17, 15) is 4.39 Å². The van der Waals surface area contributed by atoms with Crippen LogP contribution in [0.25, 0.3) is 0 Å². The van der Waals surface area contributed by atoms with Gasteiger partial charge < -0.3 is 5.32 Å². The van der Waals surface area contributed by atoms with Crippen molar-refractivity contribution in [3.8, 4) is 0 Å². The molecule has 1 nitrogen and oxygen atoms in total. The summed E-state index contributed by atoms with van der Waals surface area (Å²) in [7, 11) is 0. The van der Waals surface area contributed by atoms with Gasteiger partial charge in [-0.3, -0.25) is 0 Å². The summed E-state index contributed by atoms with van der Waals surface area (Å²) >= 11 is 5.85. The lowest BCUT2D eigenvalue weighted by Gasteiger charge is -2.10. The van der Waals surface area contributed by atoms with Crippen LogP contribution in [0.2, 0.25) is 5.02 Å². The smallest absolute Gasteiger partial charge is 0.146 e. The van der Waals surface area contributed by atoms with E-state index in [0.717, 1.165) is 5.56 Å². The molecule has 0 bridgehead atoms. The highest BCUT2D eigenvalue weighted by Crippen LogP contribution is 2.21. The highest BCUT2D eigenvalue weighted by atomic mass is 35.5. The van der Waals surface area contributed by atoms with Gasteiger partial charge in [0.15, 0.2) is 0 Å². The van der Waals surface area contributed by atoms with Crippen molar-refractivity contribution in [2.24, 2.45) is 0 Å². The summed E-state index contributed by atoms with van der Waals surface area (Å²) in [6.07, 6.45) is 0. The topological polar surface area (TPSA) is 12.0 Å². The summed E-state index contributed by atoms with van der Waals surface area (Å²) in [6.45, 7) is 4.90. The first-order valence-electron chi connectivity index (χ1n) is 6.34. The Morgan fingerprint density at radius 3 is 2.42 bits per heavy atom. The molecule has 2 rings (SSSR count). The number of halogens is 2. The lowest BCUT2D eigenvalue weighted by Crippen LogP contribution is -2.01. The van der Waals surface area contributed by atoms with Crippen molar-refractivity contribution in [3.05, 3.63) is 64.4 Å². The SMILES string of the molecule is CC(C)c1ccc(CNc2cc(Cl)ccc2F)cc1. The average molecular weight is 278 g/mol. The van der Waals surface area contributed by atoms with Gasteiger partial charge in [-0.25, -0.2) is 4.39 Å². The Hall–Kier alpha value is -1.54. The molecule has 0 aliphatic heterocycles. The molecule has 0 aliphatic carbocycles. The minimum absolute atomic E-state index is 0.289. The van der Waals surface area contributed by atoms with Gasteiger partial charge in [-0.1, -0.05) is 49.7 Å². The molecular formula is C16H17ClFN. The largest absolute Gasteiger partial charge is 0.379 e. The number of anilines is 1. The third-order valence-electron chi connectivity index (χ3n) is 3.06. The first-order valence-corrected chi connectivity index (χ1v) is 6.72. The van der Waals surface area contributed by atoms with Gasteiger partial charge >= 0.3 is 0 Å². The summed E-state index contributed by atoms with van der Waals surface area (Å²) in [4.78, 5) is 0. The standard InChI is InChI=1S/C16H17ClFN/c1-11(2)13-5-3-12(4-6-13)10-19-16-9-14(17)7-8-15(16)18/h3-9,11,19H,10H2,1-2H3. The number of hydrogen-bond acceptors (Lipinski definition) is 1. The van der Waals surface area contributed by atoms with E-state index >= 15 is 0 Å². The Morgan fingerprint density at radius 2 is 1.79 bits per heavy atom. The molecule has 2 aromatic rings. The quantitative estimate of drug-likeness (QED) is 0.808. The molecule has 1 N–H and O–H groups in total. The van der Waals surface area contributed by atoms with E-state index in [2.05, 4.69) is 43.4 Å². The molecule has 3 heteroatoms. The second-order valence-corrected chi connectivity index (χ2v) is 5.31. The number of nitrogens with one attached hydrogen (secondary N) is 1. The molecule has 0 saturated carbocycles. The second kappa shape index (κ2) is 6.07. The zero-order chi connectivity index (χ0) is 13.8. The fraction of sp³-hybridized carbons (Fsp3) is 0.250. The molecule has 0 heterocycles. The fourth-order valence-corrected chi connectivity index (χ4v) is 2.02. The van der Waals surface area contributed by atoms with Crippen molar-refractivity contribution in [1.29, 1.82) is 0 Å². The summed E-state index contributed by atoms with van der Waals surface area (Å²) < 4.78 is 13.5. The predicted molar refractivity (Wildman–Crippen MR) is 79.3 cm³/mol. The van der Waals surface area contributed by atoms with Crippen LogP contribution >= 0.6 is 11.6 Å². The van der Waals surface area contributed by atoms with Crippen LogP contribution in [0.15, 0.2) is 42.5 Å². The van der Waals surface area contributed by atoms with Gasteiger partial charge in [0.25, 0.3) is 0 Å². The first kappa shape index (κ1) is 13.9. The van der Waals surface area contributed by atoms with Crippen molar-refractivity contribution < 1.29 is 4.39 Å². The maximum Gasteiger partial charge on any atom is 0.146 e. The first-order chi connectivity index (χ1) is 9.06. The molecule has 0 unspecified atom stereocenters. The van der Waals surface area contributed by atoms with Crippen LogP contribution in [-0.2, 0) is 6.54 Å². The minimum atomic E-state index is -0.289. The Balaban J connectivity index is 2.04. The number of benzene rings is 2. The third-order valence-corrected chi connectivity index (χ3v) is 3.29. The van der Waals surface area contributed by atoms with Gasteiger partial charge in [-0.15, -0.1) is 0 Å². The molecule has 0 atom stereocenters. The molecule has 100 valence electrons. The zero-order valence-electron chi connectivity index (χ0n) is 11.1. The molecule has 0 aromatic heterocycles. The summed E-state index contributed by atoms with van der Waals surface area (Å²) in [5.74, 6) is 0.232. The van der Waals surface area contributed by atoms with Crippen LogP contribution < -0.4 is 5.32 Å². The van der Waals surface area contributed by atoms with E-state index in [0.29, 0.717) is 23.2 Å². The van der Waals surface area contributed by atoms with Gasteiger partial charge in [0.1, 0.15) is 5.82 Å². The number of hydrogen-bond donors (Lipinski definition) is 1. The molecule has 0 aliphatic rings. The van der Waals surface area contributed by atoms with Crippen LogP contribution in [-0.4, -0.2) is 0 Å².